The Morgan fingerprint density at radius 1 is 1.47 bits per heavy atom. The van der Waals surface area contributed by atoms with Gasteiger partial charge in [-0.15, -0.1) is 0 Å². The van der Waals surface area contributed by atoms with E-state index in [4.69, 9.17) is 15.7 Å². The first-order valence-electron chi connectivity index (χ1n) is 6.01. The average molecular weight is 265 g/mol. The number of nitrogens with two attached hydrogens (primary N) is 1. The van der Waals surface area contributed by atoms with Crippen molar-refractivity contribution in [1.82, 2.24) is 5.32 Å². The highest BCUT2D eigenvalue weighted by Gasteiger charge is 2.18. The van der Waals surface area contributed by atoms with Gasteiger partial charge in [0.1, 0.15) is 5.84 Å². The molecule has 1 unspecified atom stereocenters. The van der Waals surface area contributed by atoms with E-state index in [0.717, 1.165) is 5.56 Å². The van der Waals surface area contributed by atoms with E-state index in [2.05, 4.69) is 10.5 Å². The topological polar surface area (TPSA) is 96.9 Å². The van der Waals surface area contributed by atoms with Gasteiger partial charge in [0, 0.05) is 20.1 Å². The number of oxime groups is 1. The minimum absolute atomic E-state index is 0.153. The third-order valence-electron chi connectivity index (χ3n) is 2.61. The highest BCUT2D eigenvalue weighted by molar-refractivity contribution is 5.82. The van der Waals surface area contributed by atoms with Crippen molar-refractivity contribution < 1.29 is 14.7 Å². The lowest BCUT2D eigenvalue weighted by Gasteiger charge is -2.15. The maximum atomic E-state index is 11.9. The van der Waals surface area contributed by atoms with Crippen LogP contribution in [-0.2, 0) is 9.53 Å². The highest BCUT2D eigenvalue weighted by Crippen LogP contribution is 2.15. The third-order valence-corrected chi connectivity index (χ3v) is 2.61. The van der Waals surface area contributed by atoms with Crippen LogP contribution in [0, 0.1) is 0 Å². The number of benzene rings is 1. The molecule has 1 aromatic rings. The molecule has 0 fully saturated rings. The number of hydrogen-bond donors (Lipinski definition) is 3. The molecular formula is C13H19N3O3. The predicted molar refractivity (Wildman–Crippen MR) is 71.8 cm³/mol. The van der Waals surface area contributed by atoms with Crippen molar-refractivity contribution in [3.63, 3.8) is 0 Å². The van der Waals surface area contributed by atoms with Crippen molar-refractivity contribution >= 4 is 11.7 Å². The van der Waals surface area contributed by atoms with Gasteiger partial charge < -0.3 is 21.0 Å². The van der Waals surface area contributed by atoms with Gasteiger partial charge in [0.2, 0.25) is 0 Å². The Morgan fingerprint density at radius 2 is 2.16 bits per heavy atom. The summed E-state index contributed by atoms with van der Waals surface area (Å²) in [6, 6.07) is 9.26. The summed E-state index contributed by atoms with van der Waals surface area (Å²) in [4.78, 5) is 11.9. The van der Waals surface area contributed by atoms with Crippen molar-refractivity contribution in [3.05, 3.63) is 35.9 Å². The second-order valence-corrected chi connectivity index (χ2v) is 4.01. The van der Waals surface area contributed by atoms with E-state index in [1.807, 2.05) is 30.3 Å². The minimum Gasteiger partial charge on any atom is -0.409 e. The molecule has 0 spiro atoms. The van der Waals surface area contributed by atoms with E-state index in [0.29, 0.717) is 19.4 Å². The Kier molecular flexibility index (Phi) is 6.38. The molecule has 0 heterocycles. The second-order valence-electron chi connectivity index (χ2n) is 4.01. The lowest BCUT2D eigenvalue weighted by Crippen LogP contribution is -2.31. The van der Waals surface area contributed by atoms with Crippen molar-refractivity contribution in [2.24, 2.45) is 10.9 Å². The fraction of sp³-hybridized carbons (Fsp3) is 0.385. The maximum absolute atomic E-state index is 11.9. The van der Waals surface area contributed by atoms with Crippen LogP contribution < -0.4 is 11.1 Å². The second kappa shape index (κ2) is 8.10. The third kappa shape index (κ3) is 4.97. The quantitative estimate of drug-likeness (QED) is 0.225. The number of amides is 1. The van der Waals surface area contributed by atoms with Crippen LogP contribution in [0.2, 0.25) is 0 Å². The number of carbonyl (C=O) groups is 1. The number of rotatable bonds is 7. The Hall–Kier alpha value is -2.08. The Labute approximate surface area is 112 Å². The van der Waals surface area contributed by atoms with Crippen LogP contribution in [0.5, 0.6) is 0 Å². The van der Waals surface area contributed by atoms with Crippen LogP contribution in [0.15, 0.2) is 35.5 Å². The molecule has 6 heteroatoms. The van der Waals surface area contributed by atoms with E-state index in [9.17, 15) is 4.79 Å². The number of methoxy groups -OCH3 is 1. The zero-order valence-corrected chi connectivity index (χ0v) is 10.9. The number of carbonyl (C=O) groups excluding carboxylic acids is 1. The van der Waals surface area contributed by atoms with Gasteiger partial charge in [0.15, 0.2) is 6.10 Å². The van der Waals surface area contributed by atoms with E-state index in [-0.39, 0.29) is 11.7 Å². The molecule has 0 saturated heterocycles. The molecule has 1 aromatic carbocycles. The summed E-state index contributed by atoms with van der Waals surface area (Å²) >= 11 is 0. The Bertz CT molecular complexity index is 420. The molecule has 0 radical (unpaired) electrons. The van der Waals surface area contributed by atoms with Crippen LogP contribution in [0.4, 0.5) is 0 Å². The van der Waals surface area contributed by atoms with Crippen molar-refractivity contribution in [2.75, 3.05) is 13.7 Å². The van der Waals surface area contributed by atoms with Crippen molar-refractivity contribution in [2.45, 2.75) is 18.9 Å². The molecule has 0 saturated carbocycles. The van der Waals surface area contributed by atoms with Crippen LogP contribution in [0.25, 0.3) is 0 Å². The zero-order chi connectivity index (χ0) is 14.1. The van der Waals surface area contributed by atoms with E-state index in [1.165, 1.54) is 7.11 Å². The van der Waals surface area contributed by atoms with Crippen molar-refractivity contribution in [1.29, 1.82) is 0 Å². The summed E-state index contributed by atoms with van der Waals surface area (Å²) in [5.41, 5.74) is 6.13. The number of nitrogens with one attached hydrogen (secondary N) is 1. The predicted octanol–water partition coefficient (Wildman–Crippen LogP) is 1.02. The molecule has 104 valence electrons. The van der Waals surface area contributed by atoms with E-state index in [1.54, 1.807) is 0 Å². The molecule has 0 aromatic heterocycles. The highest BCUT2D eigenvalue weighted by atomic mass is 16.5. The maximum Gasteiger partial charge on any atom is 0.253 e. The average Bonchev–Trinajstić information content (AvgIpc) is 2.45. The molecule has 0 aliphatic carbocycles. The van der Waals surface area contributed by atoms with E-state index < -0.39 is 6.10 Å². The van der Waals surface area contributed by atoms with Gasteiger partial charge in [0.05, 0.1) is 0 Å². The lowest BCUT2D eigenvalue weighted by atomic mass is 10.1. The smallest absolute Gasteiger partial charge is 0.253 e. The summed E-state index contributed by atoms with van der Waals surface area (Å²) in [6.07, 6.45) is 0.414. The normalized spacial score (nSPS) is 13.0. The zero-order valence-electron chi connectivity index (χ0n) is 10.9. The fourth-order valence-corrected chi connectivity index (χ4v) is 1.65. The molecule has 4 N–H and O–H groups in total. The standard InChI is InChI=1S/C13H19N3O3/c1-19-12(10-6-3-2-4-7-10)13(17)15-9-5-8-11(14)16-18/h2-4,6-7,12,18H,5,8-9H2,1H3,(H2,14,16)(H,15,17). The molecule has 6 nitrogen and oxygen atoms in total. The SMILES string of the molecule is COC(C(=O)NCCCC(N)=NO)c1ccccc1. The summed E-state index contributed by atoms with van der Waals surface area (Å²) in [5, 5.41) is 14.0. The van der Waals surface area contributed by atoms with Gasteiger partial charge in [-0.25, -0.2) is 0 Å². The largest absolute Gasteiger partial charge is 0.409 e. The molecule has 0 aliphatic rings. The molecular weight excluding hydrogens is 246 g/mol. The molecule has 19 heavy (non-hydrogen) atoms. The van der Waals surface area contributed by atoms with Gasteiger partial charge in [-0.05, 0) is 12.0 Å². The first-order valence-corrected chi connectivity index (χ1v) is 6.01. The monoisotopic (exact) mass is 265 g/mol. The van der Waals surface area contributed by atoms with Gasteiger partial charge in [-0.3, -0.25) is 4.79 Å². The number of hydrogen-bond acceptors (Lipinski definition) is 4. The van der Waals surface area contributed by atoms with Crippen LogP contribution >= 0.6 is 0 Å². The molecule has 1 rings (SSSR count). The first kappa shape index (κ1) is 15.0. The molecule has 1 amide bonds. The van der Waals surface area contributed by atoms with Gasteiger partial charge >= 0.3 is 0 Å². The summed E-state index contributed by atoms with van der Waals surface area (Å²) in [6.45, 7) is 0.446. The minimum atomic E-state index is -0.620. The Morgan fingerprint density at radius 3 is 2.74 bits per heavy atom. The molecule has 0 bridgehead atoms. The van der Waals surface area contributed by atoms with Crippen LogP contribution in [-0.4, -0.2) is 30.6 Å². The molecule has 0 aliphatic heterocycles. The van der Waals surface area contributed by atoms with Gasteiger partial charge in [0.25, 0.3) is 5.91 Å². The Balaban J connectivity index is 2.43. The number of nitrogens with zero attached hydrogens (tertiary/aromatic N) is 1. The van der Waals surface area contributed by atoms with E-state index >= 15 is 0 Å². The van der Waals surface area contributed by atoms with Gasteiger partial charge in [-0.2, -0.15) is 0 Å². The van der Waals surface area contributed by atoms with Crippen molar-refractivity contribution in [3.8, 4) is 0 Å². The fourth-order valence-electron chi connectivity index (χ4n) is 1.65. The first-order chi connectivity index (χ1) is 9.19. The lowest BCUT2D eigenvalue weighted by molar-refractivity contribution is -0.131. The number of amidine groups is 1. The van der Waals surface area contributed by atoms with Crippen LogP contribution in [0.1, 0.15) is 24.5 Å². The molecule has 1 atom stereocenters. The summed E-state index contributed by atoms with van der Waals surface area (Å²) in [7, 11) is 1.49. The van der Waals surface area contributed by atoms with Crippen LogP contribution in [0.3, 0.4) is 0 Å². The van der Waals surface area contributed by atoms with Gasteiger partial charge in [-0.1, -0.05) is 35.5 Å². The summed E-state index contributed by atoms with van der Waals surface area (Å²) < 4.78 is 5.20. The number of ether oxygens (including phenoxy) is 1. The summed E-state index contributed by atoms with van der Waals surface area (Å²) in [5.74, 6) is -0.0474.